The third-order valence-electron chi connectivity index (χ3n) is 5.43. The van der Waals surface area contributed by atoms with Crippen LogP contribution in [0.25, 0.3) is 21.8 Å². The lowest BCUT2D eigenvalue weighted by atomic mass is 9.92. The summed E-state index contributed by atoms with van der Waals surface area (Å²) in [5.74, 6) is 0.0740. The Hall–Kier alpha value is -2.37. The first kappa shape index (κ1) is 17.1. The van der Waals surface area contributed by atoms with Crippen LogP contribution < -0.4 is 11.1 Å². The van der Waals surface area contributed by atoms with Crippen LogP contribution in [0.15, 0.2) is 42.5 Å². The number of aryl methyl sites for hydroxylation is 1. The van der Waals surface area contributed by atoms with Crippen molar-refractivity contribution in [2.75, 3.05) is 18.5 Å². The molecule has 2 heterocycles. The van der Waals surface area contributed by atoms with Gasteiger partial charge in [0.25, 0.3) is 0 Å². The third-order valence-corrected chi connectivity index (χ3v) is 5.43. The van der Waals surface area contributed by atoms with Gasteiger partial charge in [-0.15, -0.1) is 0 Å². The van der Waals surface area contributed by atoms with Crippen LogP contribution in [-0.2, 0) is 16.1 Å². The number of para-hydroxylation sites is 1. The molecule has 1 amide bonds. The molecule has 1 saturated heterocycles. The van der Waals surface area contributed by atoms with E-state index < -0.39 is 6.04 Å². The van der Waals surface area contributed by atoms with Gasteiger partial charge in [0.15, 0.2) is 0 Å². The molecule has 4 rings (SSSR count). The van der Waals surface area contributed by atoms with Gasteiger partial charge in [0.2, 0.25) is 5.91 Å². The van der Waals surface area contributed by atoms with E-state index in [1.165, 1.54) is 16.4 Å². The Labute approximate surface area is 153 Å². The molecule has 26 heavy (non-hydrogen) atoms. The summed E-state index contributed by atoms with van der Waals surface area (Å²) in [6.07, 6.45) is 1.69. The van der Waals surface area contributed by atoms with E-state index in [0.29, 0.717) is 13.2 Å². The van der Waals surface area contributed by atoms with E-state index in [1.54, 1.807) is 0 Å². The fourth-order valence-corrected chi connectivity index (χ4v) is 3.99. The second-order valence-corrected chi connectivity index (χ2v) is 6.96. The van der Waals surface area contributed by atoms with Gasteiger partial charge in [0.1, 0.15) is 0 Å². The maximum Gasteiger partial charge on any atom is 0.241 e. The molecule has 0 radical (unpaired) electrons. The average Bonchev–Trinajstić information content (AvgIpc) is 3.01. The number of nitrogens with zero attached hydrogens (tertiary/aromatic N) is 1. The summed E-state index contributed by atoms with van der Waals surface area (Å²) in [6.45, 7) is 4.43. The van der Waals surface area contributed by atoms with Gasteiger partial charge in [-0.2, -0.15) is 0 Å². The van der Waals surface area contributed by atoms with Crippen molar-refractivity contribution in [1.29, 1.82) is 0 Å². The first-order valence-electron chi connectivity index (χ1n) is 9.34. The van der Waals surface area contributed by atoms with Crippen molar-refractivity contribution in [2.45, 2.75) is 32.4 Å². The fraction of sp³-hybridized carbons (Fsp3) is 0.381. The number of carbonyl (C=O) groups is 1. The third kappa shape index (κ3) is 2.97. The zero-order valence-electron chi connectivity index (χ0n) is 15.1. The number of nitrogens with two attached hydrogens (primary N) is 1. The topological polar surface area (TPSA) is 69.3 Å². The van der Waals surface area contributed by atoms with Gasteiger partial charge in [-0.25, -0.2) is 0 Å². The molecular weight excluding hydrogens is 326 g/mol. The number of rotatable bonds is 4. The first-order chi connectivity index (χ1) is 12.7. The summed E-state index contributed by atoms with van der Waals surface area (Å²) >= 11 is 0. The van der Waals surface area contributed by atoms with Crippen LogP contribution in [0.1, 0.15) is 19.8 Å². The van der Waals surface area contributed by atoms with Crippen molar-refractivity contribution in [1.82, 2.24) is 4.57 Å². The van der Waals surface area contributed by atoms with Crippen LogP contribution in [-0.4, -0.2) is 29.7 Å². The Kier molecular flexibility index (Phi) is 4.66. The highest BCUT2D eigenvalue weighted by Gasteiger charge is 2.26. The molecule has 1 fully saturated rings. The summed E-state index contributed by atoms with van der Waals surface area (Å²) in [5.41, 5.74) is 9.39. The van der Waals surface area contributed by atoms with Gasteiger partial charge in [-0.05, 0) is 49.9 Å². The Bertz CT molecular complexity index is 941. The molecule has 0 saturated carbocycles. The molecule has 0 bridgehead atoms. The minimum Gasteiger partial charge on any atom is -0.381 e. The normalized spacial score (nSPS) is 16.8. The predicted molar refractivity (Wildman–Crippen MR) is 105 cm³/mol. The highest BCUT2D eigenvalue weighted by atomic mass is 16.5. The molecule has 5 nitrogen and oxygen atoms in total. The van der Waals surface area contributed by atoms with E-state index in [1.807, 2.05) is 12.1 Å². The number of amides is 1. The van der Waals surface area contributed by atoms with Crippen molar-refractivity contribution in [3.8, 4) is 0 Å². The Morgan fingerprint density at radius 2 is 1.92 bits per heavy atom. The van der Waals surface area contributed by atoms with Crippen molar-refractivity contribution < 1.29 is 9.53 Å². The number of anilines is 1. The second-order valence-electron chi connectivity index (χ2n) is 6.96. The Morgan fingerprint density at radius 3 is 2.69 bits per heavy atom. The van der Waals surface area contributed by atoms with Gasteiger partial charge in [0, 0.05) is 47.3 Å². The fourth-order valence-electron chi connectivity index (χ4n) is 3.99. The van der Waals surface area contributed by atoms with Crippen LogP contribution in [0, 0.1) is 5.92 Å². The summed E-state index contributed by atoms with van der Waals surface area (Å²) in [6, 6.07) is 14.0. The number of nitrogens with one attached hydrogen (secondary N) is 1. The van der Waals surface area contributed by atoms with Gasteiger partial charge in [-0.1, -0.05) is 18.2 Å². The van der Waals surface area contributed by atoms with Crippen LogP contribution >= 0.6 is 0 Å². The highest BCUT2D eigenvalue weighted by Crippen LogP contribution is 2.31. The number of ether oxygens (including phenoxy) is 1. The molecule has 2 aromatic carbocycles. The van der Waals surface area contributed by atoms with E-state index in [0.717, 1.165) is 30.5 Å². The van der Waals surface area contributed by atoms with Crippen LogP contribution in [0.5, 0.6) is 0 Å². The van der Waals surface area contributed by atoms with Crippen molar-refractivity contribution >= 4 is 33.4 Å². The molecule has 3 N–H and O–H groups in total. The number of hydrogen-bond donors (Lipinski definition) is 2. The lowest BCUT2D eigenvalue weighted by Crippen LogP contribution is -2.43. The van der Waals surface area contributed by atoms with Gasteiger partial charge < -0.3 is 20.4 Å². The largest absolute Gasteiger partial charge is 0.381 e. The minimum atomic E-state index is -0.494. The quantitative estimate of drug-likeness (QED) is 0.756. The molecule has 1 atom stereocenters. The zero-order chi connectivity index (χ0) is 18.1. The molecule has 1 aliphatic rings. The summed E-state index contributed by atoms with van der Waals surface area (Å²) < 4.78 is 7.66. The monoisotopic (exact) mass is 351 g/mol. The molecule has 136 valence electrons. The van der Waals surface area contributed by atoms with Crippen molar-refractivity contribution in [3.63, 3.8) is 0 Å². The van der Waals surface area contributed by atoms with Gasteiger partial charge >= 0.3 is 0 Å². The number of carbonyl (C=O) groups excluding carboxylic acids is 1. The van der Waals surface area contributed by atoms with Crippen LogP contribution in [0.2, 0.25) is 0 Å². The SMILES string of the molecule is CCn1c2ccccc2c2cc(NC(=O)C(N)C3CCOCC3)ccc21. The van der Waals surface area contributed by atoms with E-state index in [4.69, 9.17) is 10.5 Å². The summed E-state index contributed by atoms with van der Waals surface area (Å²) in [4.78, 5) is 12.6. The van der Waals surface area contributed by atoms with Crippen LogP contribution in [0.3, 0.4) is 0 Å². The Morgan fingerprint density at radius 1 is 1.19 bits per heavy atom. The maximum absolute atomic E-state index is 12.6. The van der Waals surface area contributed by atoms with E-state index >= 15 is 0 Å². The molecule has 0 aliphatic carbocycles. The lowest BCUT2D eigenvalue weighted by molar-refractivity contribution is -0.119. The Balaban J connectivity index is 1.63. The van der Waals surface area contributed by atoms with Gasteiger partial charge in [-0.3, -0.25) is 4.79 Å². The van der Waals surface area contributed by atoms with E-state index in [2.05, 4.69) is 47.1 Å². The molecule has 1 aliphatic heterocycles. The molecule has 0 spiro atoms. The first-order valence-corrected chi connectivity index (χ1v) is 9.34. The standard InChI is InChI=1S/C21H25N3O2/c1-2-24-18-6-4-3-5-16(18)17-13-15(7-8-19(17)24)23-21(25)20(22)14-9-11-26-12-10-14/h3-8,13-14,20H,2,9-12,22H2,1H3,(H,23,25). The minimum absolute atomic E-state index is 0.115. The maximum atomic E-state index is 12.6. The second kappa shape index (κ2) is 7.09. The van der Waals surface area contributed by atoms with Crippen LogP contribution in [0.4, 0.5) is 5.69 Å². The van der Waals surface area contributed by atoms with Gasteiger partial charge in [0.05, 0.1) is 6.04 Å². The van der Waals surface area contributed by atoms with Crippen molar-refractivity contribution in [2.24, 2.45) is 11.7 Å². The number of hydrogen-bond acceptors (Lipinski definition) is 3. The average molecular weight is 351 g/mol. The lowest BCUT2D eigenvalue weighted by Gasteiger charge is -2.26. The molecular formula is C21H25N3O2. The zero-order valence-corrected chi connectivity index (χ0v) is 15.1. The van der Waals surface area contributed by atoms with Crippen molar-refractivity contribution in [3.05, 3.63) is 42.5 Å². The number of fused-ring (bicyclic) bond motifs is 3. The number of benzene rings is 2. The smallest absolute Gasteiger partial charge is 0.241 e. The highest BCUT2D eigenvalue weighted by molar-refractivity contribution is 6.10. The van der Waals surface area contributed by atoms with E-state index in [-0.39, 0.29) is 11.8 Å². The van der Waals surface area contributed by atoms with E-state index in [9.17, 15) is 4.79 Å². The number of aromatic nitrogens is 1. The molecule has 1 unspecified atom stereocenters. The molecule has 5 heteroatoms. The summed E-state index contributed by atoms with van der Waals surface area (Å²) in [7, 11) is 0. The molecule has 3 aromatic rings. The molecule has 1 aromatic heterocycles. The summed E-state index contributed by atoms with van der Waals surface area (Å²) in [5, 5.41) is 5.36. The predicted octanol–water partition coefficient (Wildman–Crippen LogP) is 3.51.